The number of carboxylic acids is 1. The Balaban J connectivity index is 1.69. The van der Waals surface area contributed by atoms with Crippen LogP contribution in [0.3, 0.4) is 0 Å². The Morgan fingerprint density at radius 1 is 1.50 bits per heavy atom. The summed E-state index contributed by atoms with van der Waals surface area (Å²) < 4.78 is 0. The molecule has 1 heterocycles. The molecular formula is C13H20N4O3. The third kappa shape index (κ3) is 4.91. The van der Waals surface area contributed by atoms with Crippen LogP contribution in [0.25, 0.3) is 0 Å². The van der Waals surface area contributed by atoms with Crippen molar-refractivity contribution in [2.75, 3.05) is 6.54 Å². The summed E-state index contributed by atoms with van der Waals surface area (Å²) in [7, 11) is 0. The molecular weight excluding hydrogens is 260 g/mol. The number of rotatable bonds is 8. The summed E-state index contributed by atoms with van der Waals surface area (Å²) in [5, 5.41) is 14.2. The number of imidazole rings is 1. The van der Waals surface area contributed by atoms with Crippen LogP contribution in [0.2, 0.25) is 0 Å². The molecule has 0 spiro atoms. The average molecular weight is 280 g/mol. The summed E-state index contributed by atoms with van der Waals surface area (Å²) in [6.07, 6.45) is 7.89. The van der Waals surface area contributed by atoms with E-state index in [2.05, 4.69) is 20.6 Å². The van der Waals surface area contributed by atoms with E-state index in [1.165, 1.54) is 19.2 Å². The summed E-state index contributed by atoms with van der Waals surface area (Å²) in [5.41, 5.74) is 0.673. The van der Waals surface area contributed by atoms with Gasteiger partial charge in [-0.25, -0.2) is 14.6 Å². The minimum atomic E-state index is -1.06. The number of urea groups is 1. The van der Waals surface area contributed by atoms with Gasteiger partial charge in [0.05, 0.1) is 6.33 Å². The summed E-state index contributed by atoms with van der Waals surface area (Å²) in [6, 6.07) is -1.40. The predicted octanol–water partition coefficient (Wildman–Crippen LogP) is 0.895. The second-order valence-electron chi connectivity index (χ2n) is 5.16. The van der Waals surface area contributed by atoms with Gasteiger partial charge in [-0.3, -0.25) is 0 Å². The Labute approximate surface area is 117 Å². The number of nitrogens with zero attached hydrogens (tertiary/aromatic N) is 1. The number of H-pyrrole nitrogens is 1. The minimum absolute atomic E-state index is 0.185. The molecule has 0 radical (unpaired) electrons. The summed E-state index contributed by atoms with van der Waals surface area (Å²) >= 11 is 0. The molecule has 1 aliphatic rings. The van der Waals surface area contributed by atoms with Crippen LogP contribution in [-0.2, 0) is 11.2 Å². The van der Waals surface area contributed by atoms with Crippen molar-refractivity contribution in [1.82, 2.24) is 20.6 Å². The van der Waals surface area contributed by atoms with Crippen LogP contribution >= 0.6 is 0 Å². The van der Waals surface area contributed by atoms with E-state index in [0.29, 0.717) is 12.2 Å². The molecule has 7 heteroatoms. The summed E-state index contributed by atoms with van der Waals surface area (Å²) in [6.45, 7) is 0.582. The first-order chi connectivity index (χ1) is 9.65. The van der Waals surface area contributed by atoms with Gasteiger partial charge in [-0.15, -0.1) is 0 Å². The molecule has 1 aromatic heterocycles. The molecule has 1 saturated carbocycles. The smallest absolute Gasteiger partial charge is 0.326 e. The largest absolute Gasteiger partial charge is 0.480 e. The number of nitrogens with one attached hydrogen (secondary N) is 3. The van der Waals surface area contributed by atoms with Crippen molar-refractivity contribution < 1.29 is 14.7 Å². The Hall–Kier alpha value is -2.05. The molecule has 0 bridgehead atoms. The van der Waals surface area contributed by atoms with E-state index < -0.39 is 18.0 Å². The quantitative estimate of drug-likeness (QED) is 0.530. The maximum atomic E-state index is 11.6. The zero-order valence-corrected chi connectivity index (χ0v) is 11.3. The topological polar surface area (TPSA) is 107 Å². The first-order valence-corrected chi connectivity index (χ1v) is 6.89. The zero-order valence-electron chi connectivity index (χ0n) is 11.3. The van der Waals surface area contributed by atoms with Crippen LogP contribution in [0.1, 0.15) is 31.4 Å². The van der Waals surface area contributed by atoms with Crippen molar-refractivity contribution in [1.29, 1.82) is 0 Å². The van der Waals surface area contributed by atoms with Crippen molar-refractivity contribution >= 4 is 12.0 Å². The molecule has 1 unspecified atom stereocenters. The van der Waals surface area contributed by atoms with Crippen LogP contribution in [-0.4, -0.2) is 39.7 Å². The van der Waals surface area contributed by atoms with Gasteiger partial charge in [0.2, 0.25) is 0 Å². The Bertz CT molecular complexity index is 442. The summed E-state index contributed by atoms with van der Waals surface area (Å²) in [4.78, 5) is 29.4. The van der Waals surface area contributed by atoms with Gasteiger partial charge < -0.3 is 20.7 Å². The third-order valence-corrected chi connectivity index (χ3v) is 3.35. The van der Waals surface area contributed by atoms with Gasteiger partial charge in [0.25, 0.3) is 0 Å². The Morgan fingerprint density at radius 3 is 2.90 bits per heavy atom. The number of aromatic amines is 1. The number of carbonyl (C=O) groups is 2. The number of carboxylic acid groups (broad SMARTS) is 1. The normalized spacial score (nSPS) is 15.6. The van der Waals surface area contributed by atoms with Gasteiger partial charge in [0, 0.05) is 24.9 Å². The molecule has 4 N–H and O–H groups in total. The van der Waals surface area contributed by atoms with Gasteiger partial charge in [-0.1, -0.05) is 12.8 Å². The highest BCUT2D eigenvalue weighted by molar-refractivity contribution is 5.82. The van der Waals surface area contributed by atoms with Crippen molar-refractivity contribution in [2.24, 2.45) is 5.92 Å². The van der Waals surface area contributed by atoms with Crippen LogP contribution in [0.5, 0.6) is 0 Å². The van der Waals surface area contributed by atoms with E-state index in [-0.39, 0.29) is 6.42 Å². The molecule has 0 aliphatic heterocycles. The second kappa shape index (κ2) is 6.93. The first-order valence-electron chi connectivity index (χ1n) is 6.89. The number of hydrogen-bond donors (Lipinski definition) is 4. The fourth-order valence-corrected chi connectivity index (χ4v) is 2.02. The highest BCUT2D eigenvalue weighted by Gasteiger charge is 2.22. The molecule has 2 rings (SSSR count). The second-order valence-corrected chi connectivity index (χ2v) is 5.16. The van der Waals surface area contributed by atoms with E-state index >= 15 is 0 Å². The first kappa shape index (κ1) is 14.4. The number of aromatic nitrogens is 2. The van der Waals surface area contributed by atoms with E-state index in [0.717, 1.165) is 18.8 Å². The summed E-state index contributed by atoms with van der Waals surface area (Å²) in [5.74, 6) is -0.222. The monoisotopic (exact) mass is 280 g/mol. The highest BCUT2D eigenvalue weighted by atomic mass is 16.4. The maximum Gasteiger partial charge on any atom is 0.326 e. The molecule has 0 saturated heterocycles. The van der Waals surface area contributed by atoms with Gasteiger partial charge in [0.15, 0.2) is 0 Å². The highest BCUT2D eigenvalue weighted by Crippen LogP contribution is 2.33. The van der Waals surface area contributed by atoms with Crippen molar-refractivity contribution in [3.8, 4) is 0 Å². The van der Waals surface area contributed by atoms with Gasteiger partial charge in [-0.05, 0) is 18.8 Å². The van der Waals surface area contributed by atoms with Crippen LogP contribution in [0.15, 0.2) is 12.5 Å². The molecule has 20 heavy (non-hydrogen) atoms. The molecule has 110 valence electrons. The predicted molar refractivity (Wildman–Crippen MR) is 72.2 cm³/mol. The van der Waals surface area contributed by atoms with Crippen LogP contribution < -0.4 is 10.6 Å². The van der Waals surface area contributed by atoms with Crippen LogP contribution in [0, 0.1) is 5.92 Å². The molecule has 1 fully saturated rings. The number of carbonyl (C=O) groups excluding carboxylic acids is 1. The fourth-order valence-electron chi connectivity index (χ4n) is 2.02. The average Bonchev–Trinajstić information content (AvgIpc) is 3.09. The zero-order chi connectivity index (χ0) is 14.4. The maximum absolute atomic E-state index is 11.6. The van der Waals surface area contributed by atoms with Crippen molar-refractivity contribution in [2.45, 2.75) is 38.1 Å². The van der Waals surface area contributed by atoms with Crippen molar-refractivity contribution in [3.05, 3.63) is 18.2 Å². The van der Waals surface area contributed by atoms with E-state index in [9.17, 15) is 9.59 Å². The van der Waals surface area contributed by atoms with E-state index in [1.54, 1.807) is 6.20 Å². The molecule has 7 nitrogen and oxygen atoms in total. The van der Waals surface area contributed by atoms with Crippen molar-refractivity contribution in [3.63, 3.8) is 0 Å². The number of amides is 2. The lowest BCUT2D eigenvalue weighted by Crippen LogP contribution is -2.47. The van der Waals surface area contributed by atoms with E-state index in [1.807, 2.05) is 0 Å². The molecule has 1 aliphatic carbocycles. The SMILES string of the molecule is O=C(NCCCC1CC1)NC(Cc1cnc[nH]1)C(=O)O. The third-order valence-electron chi connectivity index (χ3n) is 3.35. The standard InChI is InChI=1S/C13H20N4O3/c18-12(19)11(6-10-7-14-8-16-10)17-13(20)15-5-1-2-9-3-4-9/h7-9,11H,1-6H2,(H,14,16)(H,18,19)(H2,15,17,20). The lowest BCUT2D eigenvalue weighted by molar-refractivity contribution is -0.139. The van der Waals surface area contributed by atoms with Crippen LogP contribution in [0.4, 0.5) is 4.79 Å². The molecule has 1 aromatic rings. The lowest BCUT2D eigenvalue weighted by Gasteiger charge is -2.14. The lowest BCUT2D eigenvalue weighted by atomic mass is 10.1. The molecule has 0 aromatic carbocycles. The number of aliphatic carboxylic acids is 1. The Morgan fingerprint density at radius 2 is 2.30 bits per heavy atom. The minimum Gasteiger partial charge on any atom is -0.480 e. The number of hydrogen-bond acceptors (Lipinski definition) is 3. The van der Waals surface area contributed by atoms with Gasteiger partial charge in [0.1, 0.15) is 6.04 Å². The molecule has 2 amide bonds. The van der Waals surface area contributed by atoms with Gasteiger partial charge >= 0.3 is 12.0 Å². The van der Waals surface area contributed by atoms with Gasteiger partial charge in [-0.2, -0.15) is 0 Å². The fraction of sp³-hybridized carbons (Fsp3) is 0.615. The molecule has 1 atom stereocenters. The Kier molecular flexibility index (Phi) is 4.97. The van der Waals surface area contributed by atoms with E-state index in [4.69, 9.17) is 5.11 Å².